The van der Waals surface area contributed by atoms with Crippen molar-refractivity contribution < 1.29 is 4.79 Å². The molecule has 0 aromatic heterocycles. The second-order valence-electron chi connectivity index (χ2n) is 5.20. The first-order chi connectivity index (χ1) is 10.2. The van der Waals surface area contributed by atoms with Gasteiger partial charge in [-0.05, 0) is 56.6 Å². The first kappa shape index (κ1) is 14.3. The van der Waals surface area contributed by atoms with Crippen LogP contribution in [-0.4, -0.2) is 5.78 Å². The molecule has 0 heterocycles. The predicted octanol–water partition coefficient (Wildman–Crippen LogP) is 4.80. The summed E-state index contributed by atoms with van der Waals surface area (Å²) >= 11 is 2.27. The molecule has 0 amide bonds. The lowest BCUT2D eigenvalue weighted by molar-refractivity contribution is -0.117. The first-order valence-electron chi connectivity index (χ1n) is 6.94. The summed E-state index contributed by atoms with van der Waals surface area (Å²) in [6, 6.07) is 22.6. The fourth-order valence-corrected chi connectivity index (χ4v) is 2.83. The van der Waals surface area contributed by atoms with Crippen LogP contribution in [0.3, 0.4) is 0 Å². The van der Waals surface area contributed by atoms with Gasteiger partial charge < -0.3 is 0 Å². The van der Waals surface area contributed by atoms with E-state index in [2.05, 4.69) is 46.9 Å². The van der Waals surface area contributed by atoms with Gasteiger partial charge in [0.1, 0.15) is 5.78 Å². The Morgan fingerprint density at radius 3 is 2.14 bits per heavy atom. The molecule has 0 spiro atoms. The van der Waals surface area contributed by atoms with Crippen LogP contribution >= 0.6 is 22.6 Å². The molecule has 0 aliphatic heterocycles. The second-order valence-corrected chi connectivity index (χ2v) is 6.45. The molecule has 0 aliphatic carbocycles. The second kappa shape index (κ2) is 6.39. The third-order valence-corrected chi connectivity index (χ3v) is 4.25. The molecule has 104 valence electrons. The Hall–Kier alpha value is -1.68. The van der Waals surface area contributed by atoms with E-state index in [1.807, 2.05) is 42.5 Å². The average molecular weight is 386 g/mol. The highest BCUT2D eigenvalue weighted by molar-refractivity contribution is 14.1. The number of carbonyl (C=O) groups is 1. The van der Waals surface area contributed by atoms with Gasteiger partial charge in [-0.2, -0.15) is 0 Å². The highest BCUT2D eigenvalue weighted by Gasteiger charge is 2.06. The molecule has 2 heteroatoms. The zero-order valence-corrected chi connectivity index (χ0v) is 13.7. The van der Waals surface area contributed by atoms with Gasteiger partial charge in [0.25, 0.3) is 0 Å². The number of Topliss-reactive ketones (excluding diaryl/α,β-unsaturated/α-hetero) is 1. The Balaban J connectivity index is 1.72. The number of hydrogen-bond donors (Lipinski definition) is 0. The lowest BCUT2D eigenvalue weighted by atomic mass is 10.0. The molecule has 0 atom stereocenters. The SMILES string of the molecule is O=C(Cc1ccc(I)cc1)Cc1ccc2ccccc2c1. The zero-order valence-electron chi connectivity index (χ0n) is 11.6. The van der Waals surface area contributed by atoms with E-state index in [4.69, 9.17) is 0 Å². The van der Waals surface area contributed by atoms with Crippen LogP contribution in [0.5, 0.6) is 0 Å². The topological polar surface area (TPSA) is 17.1 Å². The maximum atomic E-state index is 12.2. The standard InChI is InChI=1S/C19H15IO/c20-18-9-6-14(7-10-18)12-19(21)13-15-5-8-16-3-1-2-4-17(16)11-15/h1-11H,12-13H2. The van der Waals surface area contributed by atoms with Crippen LogP contribution in [0.1, 0.15) is 11.1 Å². The van der Waals surface area contributed by atoms with Crippen molar-refractivity contribution in [2.75, 3.05) is 0 Å². The van der Waals surface area contributed by atoms with Gasteiger partial charge in [-0.3, -0.25) is 4.79 Å². The van der Waals surface area contributed by atoms with Gasteiger partial charge in [0.15, 0.2) is 0 Å². The molecule has 0 bridgehead atoms. The number of halogens is 1. The lowest BCUT2D eigenvalue weighted by Gasteiger charge is -2.04. The van der Waals surface area contributed by atoms with Crippen molar-refractivity contribution in [3.8, 4) is 0 Å². The van der Waals surface area contributed by atoms with Crippen molar-refractivity contribution in [1.29, 1.82) is 0 Å². The monoisotopic (exact) mass is 386 g/mol. The number of hydrogen-bond acceptors (Lipinski definition) is 1. The number of ketones is 1. The van der Waals surface area contributed by atoms with Gasteiger partial charge in [0.2, 0.25) is 0 Å². The summed E-state index contributed by atoms with van der Waals surface area (Å²) in [4.78, 5) is 12.2. The molecular weight excluding hydrogens is 371 g/mol. The van der Waals surface area contributed by atoms with Crippen molar-refractivity contribution in [2.45, 2.75) is 12.8 Å². The fraction of sp³-hybridized carbons (Fsp3) is 0.105. The molecule has 0 unspecified atom stereocenters. The van der Waals surface area contributed by atoms with Crippen LogP contribution in [-0.2, 0) is 17.6 Å². The Morgan fingerprint density at radius 1 is 0.762 bits per heavy atom. The normalized spacial score (nSPS) is 10.7. The fourth-order valence-electron chi connectivity index (χ4n) is 2.47. The summed E-state index contributed by atoms with van der Waals surface area (Å²) < 4.78 is 1.19. The number of rotatable bonds is 4. The van der Waals surface area contributed by atoms with E-state index in [0.717, 1.165) is 11.1 Å². The van der Waals surface area contributed by atoms with Crippen molar-refractivity contribution >= 4 is 39.1 Å². The van der Waals surface area contributed by atoms with Gasteiger partial charge in [-0.25, -0.2) is 0 Å². The molecule has 0 fully saturated rings. The Labute approximate surface area is 138 Å². The predicted molar refractivity (Wildman–Crippen MR) is 95.5 cm³/mol. The molecular formula is C19H15IO. The minimum Gasteiger partial charge on any atom is -0.299 e. The molecule has 1 nitrogen and oxygen atoms in total. The minimum atomic E-state index is 0.256. The summed E-state index contributed by atoms with van der Waals surface area (Å²) in [5, 5.41) is 2.41. The van der Waals surface area contributed by atoms with Crippen molar-refractivity contribution in [3.63, 3.8) is 0 Å². The lowest BCUT2D eigenvalue weighted by Crippen LogP contribution is -2.06. The molecule has 3 aromatic carbocycles. The molecule has 0 N–H and O–H groups in total. The van der Waals surface area contributed by atoms with Crippen LogP contribution in [0.2, 0.25) is 0 Å². The summed E-state index contributed by atoms with van der Waals surface area (Å²) in [6.07, 6.45) is 1.00. The van der Waals surface area contributed by atoms with E-state index in [-0.39, 0.29) is 5.78 Å². The largest absolute Gasteiger partial charge is 0.299 e. The molecule has 0 saturated heterocycles. The number of carbonyl (C=O) groups excluding carboxylic acids is 1. The maximum Gasteiger partial charge on any atom is 0.141 e. The van der Waals surface area contributed by atoms with Gasteiger partial charge in [-0.15, -0.1) is 0 Å². The summed E-state index contributed by atoms with van der Waals surface area (Å²) in [5.41, 5.74) is 2.17. The van der Waals surface area contributed by atoms with E-state index < -0.39 is 0 Å². The highest BCUT2D eigenvalue weighted by Crippen LogP contribution is 2.16. The van der Waals surface area contributed by atoms with E-state index in [0.29, 0.717) is 12.8 Å². The van der Waals surface area contributed by atoms with Gasteiger partial charge >= 0.3 is 0 Å². The van der Waals surface area contributed by atoms with E-state index in [1.165, 1.54) is 14.3 Å². The third kappa shape index (κ3) is 3.70. The van der Waals surface area contributed by atoms with Crippen LogP contribution in [0, 0.1) is 3.57 Å². The van der Waals surface area contributed by atoms with Gasteiger partial charge in [-0.1, -0.05) is 54.6 Å². The molecule has 0 aliphatic rings. The quantitative estimate of drug-likeness (QED) is 0.589. The van der Waals surface area contributed by atoms with Crippen LogP contribution < -0.4 is 0 Å². The van der Waals surface area contributed by atoms with Crippen LogP contribution in [0.4, 0.5) is 0 Å². The molecule has 0 saturated carbocycles. The van der Waals surface area contributed by atoms with E-state index in [1.54, 1.807) is 0 Å². The summed E-state index contributed by atoms with van der Waals surface area (Å²) in [5.74, 6) is 0.256. The summed E-state index contributed by atoms with van der Waals surface area (Å²) in [6.45, 7) is 0. The van der Waals surface area contributed by atoms with Gasteiger partial charge in [0.05, 0.1) is 0 Å². The number of fused-ring (bicyclic) bond motifs is 1. The van der Waals surface area contributed by atoms with Crippen molar-refractivity contribution in [3.05, 3.63) is 81.4 Å². The molecule has 3 rings (SSSR count). The van der Waals surface area contributed by atoms with Crippen molar-refractivity contribution in [2.24, 2.45) is 0 Å². The minimum absolute atomic E-state index is 0.256. The Bertz CT molecular complexity index is 775. The van der Waals surface area contributed by atoms with E-state index >= 15 is 0 Å². The van der Waals surface area contributed by atoms with Crippen LogP contribution in [0.25, 0.3) is 10.8 Å². The van der Waals surface area contributed by atoms with Crippen molar-refractivity contribution in [1.82, 2.24) is 0 Å². The average Bonchev–Trinajstić information content (AvgIpc) is 2.49. The Kier molecular flexibility index (Phi) is 4.34. The zero-order chi connectivity index (χ0) is 14.7. The Morgan fingerprint density at radius 2 is 1.38 bits per heavy atom. The van der Waals surface area contributed by atoms with Gasteiger partial charge in [0, 0.05) is 16.4 Å². The first-order valence-corrected chi connectivity index (χ1v) is 8.02. The molecule has 0 radical (unpaired) electrons. The molecule has 3 aromatic rings. The van der Waals surface area contributed by atoms with E-state index in [9.17, 15) is 4.79 Å². The highest BCUT2D eigenvalue weighted by atomic mass is 127. The molecule has 21 heavy (non-hydrogen) atoms. The smallest absolute Gasteiger partial charge is 0.141 e. The summed E-state index contributed by atoms with van der Waals surface area (Å²) in [7, 11) is 0. The number of benzene rings is 3. The van der Waals surface area contributed by atoms with Crippen LogP contribution in [0.15, 0.2) is 66.7 Å². The third-order valence-electron chi connectivity index (χ3n) is 3.53. The maximum absolute atomic E-state index is 12.2.